The first-order valence-electron chi connectivity index (χ1n) is 7.86. The van der Waals surface area contributed by atoms with Gasteiger partial charge in [0.15, 0.2) is 5.06 Å². The van der Waals surface area contributed by atoms with Crippen LogP contribution in [0.25, 0.3) is 0 Å². The van der Waals surface area contributed by atoms with E-state index < -0.39 is 6.04 Å². The Labute approximate surface area is 155 Å². The number of halogens is 1. The van der Waals surface area contributed by atoms with Gasteiger partial charge in [0.2, 0.25) is 13.7 Å². The SMILES string of the molecule is BC(=O)Oc1cc2c(s1)CCN([C@H](C(=O)OC)c1ccccc1Cl)C2. The first-order valence-corrected chi connectivity index (χ1v) is 9.05. The van der Waals surface area contributed by atoms with Gasteiger partial charge in [-0.25, -0.2) is 4.79 Å². The Morgan fingerprint density at radius 1 is 1.36 bits per heavy atom. The molecule has 0 aliphatic carbocycles. The summed E-state index contributed by atoms with van der Waals surface area (Å²) in [4.78, 5) is 26.8. The lowest BCUT2D eigenvalue weighted by atomic mass is 10.0. The number of ether oxygens (including phenoxy) is 2. The largest absolute Gasteiger partial charge is 0.468 e. The molecule has 130 valence electrons. The Morgan fingerprint density at radius 3 is 2.80 bits per heavy atom. The highest BCUT2D eigenvalue weighted by Gasteiger charge is 2.33. The molecule has 8 heteroatoms. The lowest BCUT2D eigenvalue weighted by molar-refractivity contribution is -0.147. The highest BCUT2D eigenvalue weighted by Crippen LogP contribution is 2.37. The monoisotopic (exact) mass is 377 g/mol. The van der Waals surface area contributed by atoms with E-state index in [1.165, 1.54) is 31.2 Å². The maximum atomic E-state index is 12.4. The van der Waals surface area contributed by atoms with Crippen molar-refractivity contribution in [1.82, 2.24) is 4.90 Å². The van der Waals surface area contributed by atoms with Crippen LogP contribution in [0.4, 0.5) is 4.79 Å². The zero-order valence-electron chi connectivity index (χ0n) is 14.0. The molecule has 1 aromatic heterocycles. The number of thiophene rings is 1. The molecule has 0 amide bonds. The number of esters is 1. The van der Waals surface area contributed by atoms with Crippen LogP contribution >= 0.6 is 22.9 Å². The molecule has 0 spiro atoms. The smallest absolute Gasteiger partial charge is 0.327 e. The molecule has 3 rings (SSSR count). The molecule has 1 aliphatic heterocycles. The Morgan fingerprint density at radius 2 is 2.12 bits per heavy atom. The average molecular weight is 378 g/mol. The van der Waals surface area contributed by atoms with Crippen molar-refractivity contribution < 1.29 is 19.1 Å². The van der Waals surface area contributed by atoms with E-state index in [1.807, 2.05) is 29.2 Å². The fourth-order valence-corrected chi connectivity index (χ4v) is 4.31. The molecule has 25 heavy (non-hydrogen) atoms. The van der Waals surface area contributed by atoms with Crippen LogP contribution in [-0.4, -0.2) is 38.2 Å². The van der Waals surface area contributed by atoms with Crippen molar-refractivity contribution in [3.8, 4) is 5.06 Å². The second kappa shape index (κ2) is 7.60. The number of methoxy groups -OCH3 is 1. The molecule has 0 N–H and O–H groups in total. The van der Waals surface area contributed by atoms with Gasteiger partial charge >= 0.3 is 5.97 Å². The van der Waals surface area contributed by atoms with E-state index in [0.717, 1.165) is 17.5 Å². The molecule has 0 bridgehead atoms. The Kier molecular flexibility index (Phi) is 5.46. The van der Waals surface area contributed by atoms with Crippen LogP contribution in [0.3, 0.4) is 0 Å². The predicted octanol–water partition coefficient (Wildman–Crippen LogP) is 2.81. The van der Waals surface area contributed by atoms with Gasteiger partial charge in [0.25, 0.3) is 0 Å². The molecule has 0 radical (unpaired) electrons. The minimum atomic E-state index is -0.566. The number of carbonyl (C=O) groups excluding carboxylic acids is 2. The second-order valence-electron chi connectivity index (χ2n) is 5.78. The Bertz CT molecular complexity index is 810. The fraction of sp³-hybridized carbons (Fsp3) is 0.294. The summed E-state index contributed by atoms with van der Waals surface area (Å²) < 4.78 is 10.2. The number of rotatable bonds is 4. The van der Waals surface area contributed by atoms with E-state index >= 15 is 0 Å². The summed E-state index contributed by atoms with van der Waals surface area (Å²) in [6.07, 6.45) is 0.777. The van der Waals surface area contributed by atoms with Crippen molar-refractivity contribution in [2.45, 2.75) is 19.0 Å². The maximum Gasteiger partial charge on any atom is 0.327 e. The van der Waals surface area contributed by atoms with Gasteiger partial charge in [-0.15, -0.1) is 11.3 Å². The number of carbonyl (C=O) groups is 2. The normalized spacial score (nSPS) is 15.3. The number of fused-ring (bicyclic) bond motifs is 1. The van der Waals surface area contributed by atoms with Gasteiger partial charge in [-0.2, -0.15) is 0 Å². The Balaban J connectivity index is 1.89. The minimum absolute atomic E-state index is 0.334. The molecule has 0 fully saturated rings. The van der Waals surface area contributed by atoms with Gasteiger partial charge < -0.3 is 9.47 Å². The zero-order chi connectivity index (χ0) is 18.0. The van der Waals surface area contributed by atoms with E-state index in [-0.39, 0.29) is 11.8 Å². The van der Waals surface area contributed by atoms with E-state index in [0.29, 0.717) is 23.2 Å². The topological polar surface area (TPSA) is 55.8 Å². The van der Waals surface area contributed by atoms with Crippen molar-refractivity contribution in [3.05, 3.63) is 51.4 Å². The van der Waals surface area contributed by atoms with E-state index in [9.17, 15) is 9.59 Å². The molecule has 0 saturated heterocycles. The van der Waals surface area contributed by atoms with Gasteiger partial charge in [-0.05, 0) is 29.7 Å². The quantitative estimate of drug-likeness (QED) is 0.606. The van der Waals surface area contributed by atoms with Crippen molar-refractivity contribution in [3.63, 3.8) is 0 Å². The molecule has 2 aromatic rings. The molecular formula is C17H17BClNO4S. The van der Waals surface area contributed by atoms with E-state index in [4.69, 9.17) is 21.1 Å². The minimum Gasteiger partial charge on any atom is -0.468 e. The van der Waals surface area contributed by atoms with Crippen molar-refractivity contribution in [2.24, 2.45) is 0 Å². The summed E-state index contributed by atoms with van der Waals surface area (Å²) in [5.74, 6) is -0.675. The number of nitrogens with zero attached hydrogens (tertiary/aromatic N) is 1. The first-order chi connectivity index (χ1) is 12.0. The number of hydrogen-bond donors (Lipinski definition) is 0. The molecule has 2 heterocycles. The van der Waals surface area contributed by atoms with Gasteiger partial charge in [0.1, 0.15) is 6.04 Å². The highest BCUT2D eigenvalue weighted by atomic mass is 35.5. The maximum absolute atomic E-state index is 12.4. The third kappa shape index (κ3) is 3.89. The predicted molar refractivity (Wildman–Crippen MR) is 99.2 cm³/mol. The van der Waals surface area contributed by atoms with Crippen LogP contribution in [0.1, 0.15) is 22.0 Å². The van der Waals surface area contributed by atoms with Gasteiger partial charge in [-0.1, -0.05) is 29.8 Å². The molecule has 1 aliphatic rings. The van der Waals surface area contributed by atoms with Crippen molar-refractivity contribution in [2.75, 3.05) is 13.7 Å². The Hall–Kier alpha value is -1.83. The summed E-state index contributed by atoms with van der Waals surface area (Å²) in [5, 5.41) is 1.13. The fourth-order valence-electron chi connectivity index (χ4n) is 3.02. The van der Waals surface area contributed by atoms with Gasteiger partial charge in [0, 0.05) is 23.0 Å². The highest BCUT2D eigenvalue weighted by molar-refractivity contribution is 7.14. The summed E-state index contributed by atoms with van der Waals surface area (Å²) in [6, 6.07) is 8.61. The van der Waals surface area contributed by atoms with Crippen LogP contribution in [0.5, 0.6) is 5.06 Å². The summed E-state index contributed by atoms with van der Waals surface area (Å²) >= 11 is 7.79. The third-order valence-corrected chi connectivity index (χ3v) is 5.57. The molecule has 1 aromatic carbocycles. The van der Waals surface area contributed by atoms with Crippen LogP contribution in [-0.2, 0) is 22.5 Å². The lowest BCUT2D eigenvalue weighted by Gasteiger charge is -2.33. The summed E-state index contributed by atoms with van der Waals surface area (Å²) in [6.45, 7) is 1.26. The van der Waals surface area contributed by atoms with Crippen molar-refractivity contribution >= 4 is 42.6 Å². The van der Waals surface area contributed by atoms with Crippen LogP contribution in [0, 0.1) is 0 Å². The lowest BCUT2D eigenvalue weighted by Crippen LogP contribution is -2.38. The van der Waals surface area contributed by atoms with E-state index in [2.05, 4.69) is 0 Å². The zero-order valence-corrected chi connectivity index (χ0v) is 15.5. The number of hydrogen-bond acceptors (Lipinski definition) is 6. The van der Waals surface area contributed by atoms with E-state index in [1.54, 1.807) is 6.07 Å². The molecule has 0 saturated carbocycles. The second-order valence-corrected chi connectivity index (χ2v) is 7.28. The van der Waals surface area contributed by atoms with Crippen LogP contribution in [0.2, 0.25) is 5.02 Å². The summed E-state index contributed by atoms with van der Waals surface area (Å²) in [7, 11) is 2.76. The summed E-state index contributed by atoms with van der Waals surface area (Å²) in [5.41, 5.74) is 1.79. The van der Waals surface area contributed by atoms with Gasteiger partial charge in [0.05, 0.1) is 7.11 Å². The third-order valence-electron chi connectivity index (χ3n) is 4.11. The number of benzene rings is 1. The molecule has 1 atom stereocenters. The van der Waals surface area contributed by atoms with Crippen LogP contribution in [0.15, 0.2) is 30.3 Å². The van der Waals surface area contributed by atoms with Crippen LogP contribution < -0.4 is 4.74 Å². The molecular weight excluding hydrogens is 361 g/mol. The van der Waals surface area contributed by atoms with Gasteiger partial charge in [-0.3, -0.25) is 9.69 Å². The standard InChI is InChI=1S/C17H17BClNO4S/c1-23-16(21)15(11-4-2-3-5-12(11)19)20-7-6-13-10(9-20)8-14(25-13)24-17(18)22/h2-5,8,15H,6-7,9,18H2,1H3/t15-/m0/s1. The average Bonchev–Trinajstić information content (AvgIpc) is 2.97. The first kappa shape index (κ1) is 18.0. The molecule has 5 nitrogen and oxygen atoms in total. The van der Waals surface area contributed by atoms with Crippen molar-refractivity contribution in [1.29, 1.82) is 0 Å². The molecule has 0 unspecified atom stereocenters.